The maximum atomic E-state index is 13.0. The normalized spacial score (nSPS) is 14.2. The zero-order valence-corrected chi connectivity index (χ0v) is 18.4. The molecular weight excluding hydrogens is 414 g/mol. The highest BCUT2D eigenvalue weighted by molar-refractivity contribution is 8.00. The van der Waals surface area contributed by atoms with Gasteiger partial charge in [-0.2, -0.15) is 0 Å². The SMILES string of the molecule is CCOC(=O)c1c(NC(=O)[C@H](CC)Sc2ccc(Cl)cc2)sc2c1CCCC2. The molecule has 0 aliphatic heterocycles. The van der Waals surface area contributed by atoms with Crippen LogP contribution in [-0.2, 0) is 22.4 Å². The average Bonchev–Trinajstić information content (AvgIpc) is 3.05. The summed E-state index contributed by atoms with van der Waals surface area (Å²) in [6.07, 6.45) is 4.69. The van der Waals surface area contributed by atoms with E-state index in [0.717, 1.165) is 36.1 Å². The molecule has 150 valence electrons. The number of rotatable bonds is 7. The summed E-state index contributed by atoms with van der Waals surface area (Å²) in [4.78, 5) is 27.7. The summed E-state index contributed by atoms with van der Waals surface area (Å²) < 4.78 is 5.27. The number of fused-ring (bicyclic) bond motifs is 1. The van der Waals surface area contributed by atoms with E-state index in [2.05, 4.69) is 5.32 Å². The van der Waals surface area contributed by atoms with Gasteiger partial charge in [0.05, 0.1) is 17.4 Å². The van der Waals surface area contributed by atoms with Crippen LogP contribution in [0.3, 0.4) is 0 Å². The summed E-state index contributed by atoms with van der Waals surface area (Å²) in [5.74, 6) is -0.429. The van der Waals surface area contributed by atoms with E-state index in [1.54, 1.807) is 6.92 Å². The van der Waals surface area contributed by atoms with E-state index in [-0.39, 0.29) is 17.1 Å². The molecule has 0 spiro atoms. The van der Waals surface area contributed by atoms with Gasteiger partial charge in [0.1, 0.15) is 5.00 Å². The molecule has 0 bridgehead atoms. The zero-order valence-electron chi connectivity index (χ0n) is 16.0. The Morgan fingerprint density at radius 3 is 2.61 bits per heavy atom. The van der Waals surface area contributed by atoms with E-state index in [4.69, 9.17) is 16.3 Å². The standard InChI is InChI=1S/C21H24ClNO3S2/c1-3-16(27-14-11-9-13(22)10-12-14)19(24)23-20-18(21(25)26-4-2)15-7-5-6-8-17(15)28-20/h9-12,16H,3-8H2,1-2H3,(H,23,24)/t16-/m0/s1. The fourth-order valence-electron chi connectivity index (χ4n) is 3.27. The van der Waals surface area contributed by atoms with Crippen LogP contribution in [0.5, 0.6) is 0 Å². The smallest absolute Gasteiger partial charge is 0.341 e. The number of carbonyl (C=O) groups excluding carboxylic acids is 2. The molecule has 1 aliphatic carbocycles. The van der Waals surface area contributed by atoms with E-state index >= 15 is 0 Å². The maximum Gasteiger partial charge on any atom is 0.341 e. The van der Waals surface area contributed by atoms with Crippen LogP contribution in [0.2, 0.25) is 5.02 Å². The summed E-state index contributed by atoms with van der Waals surface area (Å²) in [7, 11) is 0. The summed E-state index contributed by atoms with van der Waals surface area (Å²) in [5, 5.41) is 4.07. The number of esters is 1. The first-order chi connectivity index (χ1) is 13.5. The number of nitrogens with one attached hydrogen (secondary N) is 1. The second kappa shape index (κ2) is 9.81. The highest BCUT2D eigenvalue weighted by atomic mass is 35.5. The topological polar surface area (TPSA) is 55.4 Å². The van der Waals surface area contributed by atoms with Crippen LogP contribution < -0.4 is 5.32 Å². The van der Waals surface area contributed by atoms with Gasteiger partial charge >= 0.3 is 5.97 Å². The molecule has 1 amide bonds. The van der Waals surface area contributed by atoms with Crippen molar-refractivity contribution in [3.8, 4) is 0 Å². The summed E-state index contributed by atoms with van der Waals surface area (Å²) in [6.45, 7) is 4.10. The third-order valence-corrected chi connectivity index (χ3v) is 7.48. The molecule has 2 aromatic rings. The van der Waals surface area contributed by atoms with Crippen molar-refractivity contribution >= 4 is 51.6 Å². The van der Waals surface area contributed by atoms with Crippen LogP contribution in [0.25, 0.3) is 0 Å². The second-order valence-corrected chi connectivity index (χ2v) is 9.41. The Balaban J connectivity index is 1.80. The lowest BCUT2D eigenvalue weighted by atomic mass is 9.95. The first-order valence-electron chi connectivity index (χ1n) is 9.58. The molecule has 1 aliphatic rings. The molecule has 0 radical (unpaired) electrons. The molecular formula is C21H24ClNO3S2. The van der Waals surface area contributed by atoms with Gasteiger partial charge in [0.2, 0.25) is 5.91 Å². The molecule has 1 aromatic heterocycles. The number of thioether (sulfide) groups is 1. The predicted octanol–water partition coefficient (Wildman–Crippen LogP) is 5.97. The monoisotopic (exact) mass is 437 g/mol. The molecule has 1 heterocycles. The van der Waals surface area contributed by atoms with Crippen LogP contribution in [-0.4, -0.2) is 23.7 Å². The van der Waals surface area contributed by atoms with Gasteiger partial charge in [0, 0.05) is 14.8 Å². The molecule has 0 unspecified atom stereocenters. The second-order valence-electron chi connectivity index (χ2n) is 6.59. The number of benzene rings is 1. The summed E-state index contributed by atoms with van der Waals surface area (Å²) >= 11 is 8.97. The fraction of sp³-hybridized carbons (Fsp3) is 0.429. The quantitative estimate of drug-likeness (QED) is 0.428. The van der Waals surface area contributed by atoms with Crippen molar-refractivity contribution in [2.75, 3.05) is 11.9 Å². The van der Waals surface area contributed by atoms with Gasteiger partial charge in [-0.25, -0.2) is 4.79 Å². The number of hydrogen-bond acceptors (Lipinski definition) is 5. The van der Waals surface area contributed by atoms with Crippen LogP contribution >= 0.6 is 34.7 Å². The third-order valence-electron chi connectivity index (χ3n) is 4.64. The zero-order chi connectivity index (χ0) is 20.1. The lowest BCUT2D eigenvalue weighted by Crippen LogP contribution is -2.25. The number of halogens is 1. The molecule has 0 saturated carbocycles. The van der Waals surface area contributed by atoms with Crippen molar-refractivity contribution in [1.29, 1.82) is 0 Å². The minimum Gasteiger partial charge on any atom is -0.462 e. The molecule has 7 heteroatoms. The number of hydrogen-bond donors (Lipinski definition) is 1. The lowest BCUT2D eigenvalue weighted by Gasteiger charge is -2.15. The molecule has 28 heavy (non-hydrogen) atoms. The summed E-state index contributed by atoms with van der Waals surface area (Å²) in [6, 6.07) is 7.47. The first kappa shape index (κ1) is 21.2. The van der Waals surface area contributed by atoms with Crippen molar-refractivity contribution in [1.82, 2.24) is 0 Å². The van der Waals surface area contributed by atoms with Gasteiger partial charge in [0.15, 0.2) is 0 Å². The molecule has 3 rings (SSSR count). The molecule has 0 fully saturated rings. The third kappa shape index (κ3) is 4.91. The van der Waals surface area contributed by atoms with Crippen LogP contribution in [0.15, 0.2) is 29.2 Å². The number of ether oxygens (including phenoxy) is 1. The number of thiophene rings is 1. The number of aryl methyl sites for hydroxylation is 1. The molecule has 0 saturated heterocycles. The number of anilines is 1. The molecule has 4 nitrogen and oxygen atoms in total. The molecule has 1 atom stereocenters. The van der Waals surface area contributed by atoms with Gasteiger partial charge in [0.25, 0.3) is 0 Å². The Morgan fingerprint density at radius 1 is 1.21 bits per heavy atom. The van der Waals surface area contributed by atoms with Gasteiger partial charge in [-0.1, -0.05) is 18.5 Å². The summed E-state index contributed by atoms with van der Waals surface area (Å²) in [5.41, 5.74) is 1.62. The Hall–Kier alpha value is -1.50. The van der Waals surface area contributed by atoms with Gasteiger partial charge in [-0.15, -0.1) is 23.1 Å². The predicted molar refractivity (Wildman–Crippen MR) is 117 cm³/mol. The van der Waals surface area contributed by atoms with Gasteiger partial charge < -0.3 is 10.1 Å². The van der Waals surface area contributed by atoms with E-state index < -0.39 is 0 Å². The van der Waals surface area contributed by atoms with Crippen molar-refractivity contribution in [2.24, 2.45) is 0 Å². The molecule has 1 N–H and O–H groups in total. The average molecular weight is 438 g/mol. The fourth-order valence-corrected chi connectivity index (χ4v) is 5.63. The van der Waals surface area contributed by atoms with Gasteiger partial charge in [-0.05, 0) is 68.9 Å². The molecule has 1 aromatic carbocycles. The van der Waals surface area contributed by atoms with E-state index in [9.17, 15) is 9.59 Å². The van der Waals surface area contributed by atoms with Crippen LogP contribution in [0.1, 0.15) is 53.9 Å². The van der Waals surface area contributed by atoms with Crippen molar-refractivity contribution in [3.63, 3.8) is 0 Å². The van der Waals surface area contributed by atoms with Gasteiger partial charge in [-0.3, -0.25) is 4.79 Å². The number of carbonyl (C=O) groups is 2. The largest absolute Gasteiger partial charge is 0.462 e. The highest BCUT2D eigenvalue weighted by Crippen LogP contribution is 2.39. The highest BCUT2D eigenvalue weighted by Gasteiger charge is 2.28. The minimum atomic E-state index is -0.337. The van der Waals surface area contributed by atoms with Crippen LogP contribution in [0.4, 0.5) is 5.00 Å². The first-order valence-corrected chi connectivity index (χ1v) is 11.7. The Morgan fingerprint density at radius 2 is 1.93 bits per heavy atom. The maximum absolute atomic E-state index is 13.0. The van der Waals surface area contributed by atoms with Crippen molar-refractivity contribution in [3.05, 3.63) is 45.3 Å². The van der Waals surface area contributed by atoms with E-state index in [1.165, 1.54) is 28.0 Å². The lowest BCUT2D eigenvalue weighted by molar-refractivity contribution is -0.115. The number of amides is 1. The Labute approximate surface area is 179 Å². The minimum absolute atomic E-state index is 0.0911. The van der Waals surface area contributed by atoms with Crippen molar-refractivity contribution in [2.45, 2.75) is 56.1 Å². The van der Waals surface area contributed by atoms with Crippen LogP contribution in [0, 0.1) is 0 Å². The van der Waals surface area contributed by atoms with Crippen molar-refractivity contribution < 1.29 is 14.3 Å². The Bertz CT molecular complexity index is 848. The Kier molecular flexibility index (Phi) is 7.43. The van der Waals surface area contributed by atoms with E-state index in [0.29, 0.717) is 28.6 Å². The van der Waals surface area contributed by atoms with E-state index in [1.807, 2.05) is 31.2 Å².